The molecule has 5 rings (SSSR count). The van der Waals surface area contributed by atoms with E-state index < -0.39 is 0 Å². The second kappa shape index (κ2) is 6.83. The Kier molecular flexibility index (Phi) is 4.52. The van der Waals surface area contributed by atoms with Crippen LogP contribution in [0.1, 0.15) is 23.3 Å². The number of carbonyl (C=O) groups excluding carboxylic acids is 2. The van der Waals surface area contributed by atoms with Gasteiger partial charge in [-0.05, 0) is 19.9 Å². The Balaban J connectivity index is 1.53. The van der Waals surface area contributed by atoms with Gasteiger partial charge in [0.25, 0.3) is 5.91 Å². The Hall–Kier alpha value is -2.22. The fourth-order valence-corrected chi connectivity index (χ4v) is 4.13. The number of nitrogens with zero attached hydrogens (tertiary/aromatic N) is 6. The predicted molar refractivity (Wildman–Crippen MR) is 96.9 cm³/mol. The largest absolute Gasteiger partial charge is 0.352 e. The van der Waals surface area contributed by atoms with Crippen LogP contribution in [0.5, 0.6) is 0 Å². The monoisotopic (exact) mass is 358 g/mol. The Bertz CT molecular complexity index is 703. The van der Waals surface area contributed by atoms with Crippen LogP contribution in [-0.2, 0) is 4.79 Å². The molecule has 0 aliphatic carbocycles. The number of amides is 2. The smallest absolute Gasteiger partial charge is 0.274 e. The molecule has 26 heavy (non-hydrogen) atoms. The van der Waals surface area contributed by atoms with Gasteiger partial charge in [-0.25, -0.2) is 4.98 Å². The number of hydrogen-bond donors (Lipinski definition) is 0. The summed E-state index contributed by atoms with van der Waals surface area (Å²) in [6, 6.07) is 0.208. The molecule has 0 N–H and O–H groups in total. The van der Waals surface area contributed by atoms with Crippen molar-refractivity contribution in [1.29, 1.82) is 0 Å². The second-order valence-corrected chi connectivity index (χ2v) is 7.64. The molecule has 4 aliphatic heterocycles. The lowest BCUT2D eigenvalue weighted by Gasteiger charge is -2.32. The molecule has 0 aromatic carbocycles. The first kappa shape index (κ1) is 17.2. The highest BCUT2D eigenvalue weighted by Crippen LogP contribution is 2.30. The van der Waals surface area contributed by atoms with Crippen molar-refractivity contribution in [3.8, 4) is 0 Å². The van der Waals surface area contributed by atoms with Crippen molar-refractivity contribution in [1.82, 2.24) is 24.7 Å². The summed E-state index contributed by atoms with van der Waals surface area (Å²) in [6.45, 7) is 4.59. The lowest BCUT2D eigenvalue weighted by molar-refractivity contribution is -0.138. The molecule has 8 heteroatoms. The van der Waals surface area contributed by atoms with Gasteiger partial charge in [-0.2, -0.15) is 0 Å². The van der Waals surface area contributed by atoms with Crippen molar-refractivity contribution in [2.45, 2.75) is 18.9 Å². The van der Waals surface area contributed by atoms with E-state index in [1.807, 2.05) is 16.8 Å². The lowest BCUT2D eigenvalue weighted by Crippen LogP contribution is -2.47. The summed E-state index contributed by atoms with van der Waals surface area (Å²) in [5, 5.41) is 0. The number of piperazine rings is 1. The summed E-state index contributed by atoms with van der Waals surface area (Å²) in [4.78, 5) is 42.1. The fourth-order valence-electron chi connectivity index (χ4n) is 4.13. The summed E-state index contributed by atoms with van der Waals surface area (Å²) >= 11 is 0. The van der Waals surface area contributed by atoms with Gasteiger partial charge in [0.05, 0.1) is 18.3 Å². The van der Waals surface area contributed by atoms with Gasteiger partial charge in [0, 0.05) is 52.4 Å². The molecule has 1 aromatic rings. The van der Waals surface area contributed by atoms with E-state index in [0.717, 1.165) is 32.5 Å². The summed E-state index contributed by atoms with van der Waals surface area (Å²) in [7, 11) is 3.95. The Morgan fingerprint density at radius 3 is 2.62 bits per heavy atom. The van der Waals surface area contributed by atoms with Crippen LogP contribution in [0.3, 0.4) is 0 Å². The van der Waals surface area contributed by atoms with Crippen LogP contribution in [0, 0.1) is 5.92 Å². The molecule has 140 valence electrons. The lowest BCUT2D eigenvalue weighted by atomic mass is 9.95. The van der Waals surface area contributed by atoms with Crippen LogP contribution >= 0.6 is 0 Å². The van der Waals surface area contributed by atoms with Gasteiger partial charge in [0.1, 0.15) is 11.5 Å². The molecule has 0 radical (unpaired) electrons. The van der Waals surface area contributed by atoms with Crippen LogP contribution in [0.2, 0.25) is 0 Å². The number of rotatable bonds is 2. The van der Waals surface area contributed by atoms with Crippen LogP contribution in [0.25, 0.3) is 0 Å². The first-order chi connectivity index (χ1) is 12.5. The molecule has 2 amide bonds. The molecule has 0 unspecified atom stereocenters. The van der Waals surface area contributed by atoms with E-state index in [1.54, 1.807) is 12.4 Å². The minimum Gasteiger partial charge on any atom is -0.352 e. The molecule has 4 fully saturated rings. The fraction of sp³-hybridized carbons (Fsp3) is 0.667. The zero-order valence-electron chi connectivity index (χ0n) is 15.5. The number of piperidine rings is 1. The number of fused-ring (bicyclic) bond motifs is 4. The van der Waals surface area contributed by atoms with Gasteiger partial charge in [-0.1, -0.05) is 0 Å². The zero-order chi connectivity index (χ0) is 18.3. The second-order valence-electron chi connectivity index (χ2n) is 7.64. The standard InChI is InChI=1S/C18H26N6O2/c1-21-5-7-23(8-6-21)18(26)15-9-19-10-16(20-15)24-11-13-3-4-14(12-24)22(2)17(13)25/h9-10,13-14H,3-8,11-12H2,1-2H3/t13-,14+/m0/s1. The number of anilines is 1. The predicted octanol–water partition coefficient (Wildman–Crippen LogP) is -0.0788. The molecule has 2 bridgehead atoms. The average molecular weight is 358 g/mol. The molecular formula is C18H26N6O2. The van der Waals surface area contributed by atoms with Crippen molar-refractivity contribution in [3.63, 3.8) is 0 Å². The number of hydrogen-bond acceptors (Lipinski definition) is 6. The third-order valence-corrected chi connectivity index (χ3v) is 5.92. The topological polar surface area (TPSA) is 72.9 Å². The van der Waals surface area contributed by atoms with Crippen LogP contribution < -0.4 is 4.90 Å². The molecule has 0 spiro atoms. The molecule has 2 atom stereocenters. The van der Waals surface area contributed by atoms with Crippen LogP contribution in [-0.4, -0.2) is 95.9 Å². The van der Waals surface area contributed by atoms with Gasteiger partial charge < -0.3 is 19.6 Å². The van der Waals surface area contributed by atoms with E-state index in [9.17, 15) is 9.59 Å². The van der Waals surface area contributed by atoms with Crippen molar-refractivity contribution in [3.05, 3.63) is 18.1 Å². The Labute approximate surface area is 153 Å². The number of likely N-dealkylation sites (N-methyl/N-ethyl adjacent to an activating group) is 2. The Morgan fingerprint density at radius 2 is 1.85 bits per heavy atom. The minimum atomic E-state index is -0.0570. The van der Waals surface area contributed by atoms with E-state index in [4.69, 9.17) is 0 Å². The van der Waals surface area contributed by atoms with Crippen molar-refractivity contribution in [2.75, 3.05) is 58.3 Å². The van der Waals surface area contributed by atoms with E-state index in [1.165, 1.54) is 0 Å². The quantitative estimate of drug-likeness (QED) is 0.736. The molecule has 5 heterocycles. The maximum absolute atomic E-state index is 12.8. The molecule has 4 aliphatic rings. The van der Waals surface area contributed by atoms with Gasteiger partial charge >= 0.3 is 0 Å². The van der Waals surface area contributed by atoms with Crippen molar-refractivity contribution in [2.24, 2.45) is 5.92 Å². The van der Waals surface area contributed by atoms with Crippen LogP contribution in [0.4, 0.5) is 5.82 Å². The molecule has 8 nitrogen and oxygen atoms in total. The molecule has 0 saturated carbocycles. The summed E-state index contributed by atoms with van der Waals surface area (Å²) in [6.07, 6.45) is 5.21. The Morgan fingerprint density at radius 1 is 1.08 bits per heavy atom. The van der Waals surface area contributed by atoms with Gasteiger partial charge in [-0.3, -0.25) is 14.6 Å². The molecular weight excluding hydrogens is 332 g/mol. The SMILES string of the molecule is CN1CCN(C(=O)c2cncc(N3C[C@@H]4CC[C@H](C3)N(C)C4=O)n2)CC1. The first-order valence-electron chi connectivity index (χ1n) is 9.34. The highest BCUT2D eigenvalue weighted by atomic mass is 16.2. The zero-order valence-corrected chi connectivity index (χ0v) is 15.5. The van der Waals surface area contributed by atoms with E-state index >= 15 is 0 Å². The molecule has 1 aromatic heterocycles. The van der Waals surface area contributed by atoms with Crippen molar-refractivity contribution < 1.29 is 9.59 Å². The summed E-state index contributed by atoms with van der Waals surface area (Å²) in [5.74, 6) is 0.877. The highest BCUT2D eigenvalue weighted by Gasteiger charge is 2.39. The normalized spacial score (nSPS) is 27.0. The van der Waals surface area contributed by atoms with E-state index in [0.29, 0.717) is 31.1 Å². The van der Waals surface area contributed by atoms with Crippen LogP contribution in [0.15, 0.2) is 12.4 Å². The van der Waals surface area contributed by atoms with Gasteiger partial charge in [0.15, 0.2) is 0 Å². The van der Waals surface area contributed by atoms with Gasteiger partial charge in [-0.15, -0.1) is 0 Å². The summed E-state index contributed by atoms with van der Waals surface area (Å²) in [5.41, 5.74) is 0.392. The highest BCUT2D eigenvalue weighted by molar-refractivity contribution is 5.92. The average Bonchev–Trinajstić information content (AvgIpc) is 2.95. The van der Waals surface area contributed by atoms with Crippen molar-refractivity contribution >= 4 is 17.6 Å². The maximum atomic E-state index is 12.8. The first-order valence-corrected chi connectivity index (χ1v) is 9.34. The third-order valence-electron chi connectivity index (χ3n) is 5.92. The minimum absolute atomic E-state index is 0.0116. The number of carbonyl (C=O) groups is 2. The summed E-state index contributed by atoms with van der Waals surface area (Å²) < 4.78 is 0. The molecule has 4 saturated heterocycles. The number of aromatic nitrogens is 2. The van der Waals surface area contributed by atoms with E-state index in [-0.39, 0.29) is 23.8 Å². The van der Waals surface area contributed by atoms with E-state index in [2.05, 4.69) is 26.8 Å². The van der Waals surface area contributed by atoms with Gasteiger partial charge in [0.2, 0.25) is 5.91 Å². The maximum Gasteiger partial charge on any atom is 0.274 e. The third kappa shape index (κ3) is 3.13.